The van der Waals surface area contributed by atoms with Crippen molar-refractivity contribution in [1.29, 1.82) is 0 Å². The Balaban J connectivity index is 2.15. The van der Waals surface area contributed by atoms with E-state index in [1.54, 1.807) is 7.11 Å². The Labute approximate surface area is 62.5 Å². The van der Waals surface area contributed by atoms with Gasteiger partial charge in [0.1, 0.15) is 0 Å². The lowest BCUT2D eigenvalue weighted by Crippen LogP contribution is -2.12. The molecular weight excluding hydrogens is 128 g/mol. The summed E-state index contributed by atoms with van der Waals surface area (Å²) in [5, 5.41) is 0. The maximum atomic E-state index is 5.47. The van der Waals surface area contributed by atoms with Gasteiger partial charge in [0.25, 0.3) is 0 Å². The molecule has 1 rings (SSSR count). The minimum Gasteiger partial charge on any atom is -0.382 e. The van der Waals surface area contributed by atoms with Crippen molar-refractivity contribution in [2.75, 3.05) is 20.3 Å². The zero-order valence-electron chi connectivity index (χ0n) is 6.80. The van der Waals surface area contributed by atoms with Gasteiger partial charge in [-0.3, -0.25) is 0 Å². The molecule has 0 amide bonds. The lowest BCUT2D eigenvalue weighted by Gasteiger charge is -2.05. The van der Waals surface area contributed by atoms with Crippen LogP contribution in [0.3, 0.4) is 0 Å². The highest BCUT2D eigenvalue weighted by molar-refractivity contribution is 4.71. The molecule has 2 atom stereocenters. The first-order chi connectivity index (χ1) is 4.86. The molecular formula is C8H16O2. The second-order valence-corrected chi connectivity index (χ2v) is 2.92. The van der Waals surface area contributed by atoms with Crippen molar-refractivity contribution >= 4 is 0 Å². The van der Waals surface area contributed by atoms with E-state index in [2.05, 4.69) is 6.92 Å². The van der Waals surface area contributed by atoms with E-state index in [9.17, 15) is 0 Å². The quantitative estimate of drug-likeness (QED) is 0.597. The maximum absolute atomic E-state index is 5.47. The number of hydrogen-bond acceptors (Lipinski definition) is 2. The second kappa shape index (κ2) is 3.94. The summed E-state index contributed by atoms with van der Waals surface area (Å²) in [6.45, 7) is 3.91. The number of ether oxygens (including phenoxy) is 2. The molecule has 0 aromatic heterocycles. The minimum absolute atomic E-state index is 0.370. The monoisotopic (exact) mass is 144 g/mol. The van der Waals surface area contributed by atoms with Crippen molar-refractivity contribution < 1.29 is 9.47 Å². The van der Waals surface area contributed by atoms with E-state index in [1.807, 2.05) is 0 Å². The lowest BCUT2D eigenvalue weighted by atomic mass is 10.0. The van der Waals surface area contributed by atoms with Gasteiger partial charge < -0.3 is 9.47 Å². The predicted molar refractivity (Wildman–Crippen MR) is 40.0 cm³/mol. The van der Waals surface area contributed by atoms with Crippen molar-refractivity contribution in [3.05, 3.63) is 0 Å². The van der Waals surface area contributed by atoms with Crippen molar-refractivity contribution in [2.24, 2.45) is 5.92 Å². The highest BCUT2D eigenvalue weighted by Crippen LogP contribution is 2.21. The van der Waals surface area contributed by atoms with Crippen LogP contribution >= 0.6 is 0 Å². The molecule has 0 radical (unpaired) electrons. The third-order valence-corrected chi connectivity index (χ3v) is 2.09. The largest absolute Gasteiger partial charge is 0.382 e. The van der Waals surface area contributed by atoms with Gasteiger partial charge >= 0.3 is 0 Å². The maximum Gasteiger partial charge on any atom is 0.0811 e. The van der Waals surface area contributed by atoms with Gasteiger partial charge in [0.15, 0.2) is 0 Å². The van der Waals surface area contributed by atoms with Crippen LogP contribution in [-0.2, 0) is 9.47 Å². The summed E-state index contributed by atoms with van der Waals surface area (Å²) in [5.74, 6) is 0.778. The van der Waals surface area contributed by atoms with E-state index >= 15 is 0 Å². The minimum atomic E-state index is 0.370. The Hall–Kier alpha value is -0.0800. The molecule has 0 aromatic rings. The summed E-state index contributed by atoms with van der Waals surface area (Å²) in [5.41, 5.74) is 0. The molecule has 60 valence electrons. The molecule has 0 unspecified atom stereocenters. The number of hydrogen-bond donors (Lipinski definition) is 0. The van der Waals surface area contributed by atoms with Crippen LogP contribution < -0.4 is 0 Å². The second-order valence-electron chi connectivity index (χ2n) is 2.92. The molecule has 0 spiro atoms. The summed E-state index contributed by atoms with van der Waals surface area (Å²) >= 11 is 0. The molecule has 0 saturated carbocycles. The van der Waals surface area contributed by atoms with Gasteiger partial charge in [0.2, 0.25) is 0 Å². The Morgan fingerprint density at radius 3 is 2.90 bits per heavy atom. The van der Waals surface area contributed by atoms with Crippen LogP contribution in [-0.4, -0.2) is 26.4 Å². The Morgan fingerprint density at radius 1 is 1.60 bits per heavy atom. The Bertz CT molecular complexity index is 93.3. The number of rotatable bonds is 3. The van der Waals surface area contributed by atoms with Gasteiger partial charge in [-0.25, -0.2) is 0 Å². The standard InChI is InChI=1S/C8H16O2/c1-3-7-4-8(6-9-2)10-5-7/h7-8H,3-6H2,1-2H3/t7-,8+/m0/s1. The van der Waals surface area contributed by atoms with Crippen LogP contribution in [0.2, 0.25) is 0 Å². The fraction of sp³-hybridized carbons (Fsp3) is 1.00. The van der Waals surface area contributed by atoms with Crippen LogP contribution in [0.5, 0.6) is 0 Å². The van der Waals surface area contributed by atoms with Gasteiger partial charge in [0.05, 0.1) is 12.7 Å². The average Bonchev–Trinajstić information content (AvgIpc) is 2.37. The third kappa shape index (κ3) is 1.96. The zero-order valence-corrected chi connectivity index (χ0v) is 6.80. The van der Waals surface area contributed by atoms with Crippen LogP contribution in [0.4, 0.5) is 0 Å². The Morgan fingerprint density at radius 2 is 2.40 bits per heavy atom. The van der Waals surface area contributed by atoms with Gasteiger partial charge in [-0.2, -0.15) is 0 Å². The first-order valence-electron chi connectivity index (χ1n) is 3.97. The molecule has 1 heterocycles. The van der Waals surface area contributed by atoms with Crippen molar-refractivity contribution in [1.82, 2.24) is 0 Å². The van der Waals surface area contributed by atoms with Crippen molar-refractivity contribution in [2.45, 2.75) is 25.9 Å². The third-order valence-electron chi connectivity index (χ3n) is 2.09. The fourth-order valence-electron chi connectivity index (χ4n) is 1.37. The van der Waals surface area contributed by atoms with E-state index in [-0.39, 0.29) is 0 Å². The van der Waals surface area contributed by atoms with Gasteiger partial charge in [0, 0.05) is 13.7 Å². The van der Waals surface area contributed by atoms with Crippen LogP contribution in [0.1, 0.15) is 19.8 Å². The molecule has 0 N–H and O–H groups in total. The average molecular weight is 144 g/mol. The molecule has 1 fully saturated rings. The topological polar surface area (TPSA) is 18.5 Å². The summed E-state index contributed by atoms with van der Waals surface area (Å²) in [4.78, 5) is 0. The lowest BCUT2D eigenvalue weighted by molar-refractivity contribution is 0.0368. The molecule has 1 aliphatic heterocycles. The van der Waals surface area contributed by atoms with Crippen molar-refractivity contribution in [3.63, 3.8) is 0 Å². The van der Waals surface area contributed by atoms with Gasteiger partial charge in [-0.1, -0.05) is 13.3 Å². The van der Waals surface area contributed by atoms with Crippen LogP contribution in [0, 0.1) is 5.92 Å². The van der Waals surface area contributed by atoms with Crippen LogP contribution in [0.25, 0.3) is 0 Å². The Kier molecular flexibility index (Phi) is 3.16. The molecule has 1 aliphatic rings. The highest BCUT2D eigenvalue weighted by Gasteiger charge is 2.23. The zero-order chi connectivity index (χ0) is 7.40. The molecule has 2 heteroatoms. The summed E-state index contributed by atoms with van der Waals surface area (Å²) in [6, 6.07) is 0. The van der Waals surface area contributed by atoms with Crippen LogP contribution in [0.15, 0.2) is 0 Å². The first kappa shape index (κ1) is 8.02. The first-order valence-corrected chi connectivity index (χ1v) is 3.97. The normalized spacial score (nSPS) is 33.0. The van der Waals surface area contributed by atoms with Gasteiger partial charge in [-0.15, -0.1) is 0 Å². The van der Waals surface area contributed by atoms with Crippen molar-refractivity contribution in [3.8, 4) is 0 Å². The highest BCUT2D eigenvalue weighted by atomic mass is 16.5. The molecule has 10 heavy (non-hydrogen) atoms. The molecule has 2 nitrogen and oxygen atoms in total. The molecule has 0 aliphatic carbocycles. The molecule has 0 aromatic carbocycles. The molecule has 0 bridgehead atoms. The van der Waals surface area contributed by atoms with E-state index in [4.69, 9.17) is 9.47 Å². The number of methoxy groups -OCH3 is 1. The predicted octanol–water partition coefficient (Wildman–Crippen LogP) is 1.45. The van der Waals surface area contributed by atoms with E-state index in [0.29, 0.717) is 6.10 Å². The summed E-state index contributed by atoms with van der Waals surface area (Å²) < 4.78 is 10.5. The van der Waals surface area contributed by atoms with Gasteiger partial charge in [-0.05, 0) is 12.3 Å². The smallest absolute Gasteiger partial charge is 0.0811 e. The summed E-state index contributed by atoms with van der Waals surface area (Å²) in [7, 11) is 1.72. The van der Waals surface area contributed by atoms with E-state index in [1.165, 1.54) is 12.8 Å². The molecule has 1 saturated heterocycles. The SMILES string of the molecule is CC[C@@H]1CO[C@@H](COC)C1. The van der Waals surface area contributed by atoms with E-state index < -0.39 is 0 Å². The fourth-order valence-corrected chi connectivity index (χ4v) is 1.37. The summed E-state index contributed by atoms with van der Waals surface area (Å²) in [6.07, 6.45) is 2.79. The van der Waals surface area contributed by atoms with E-state index in [0.717, 1.165) is 19.1 Å².